The predicted octanol–water partition coefficient (Wildman–Crippen LogP) is 2.14. The Morgan fingerprint density at radius 2 is 1.76 bits per heavy atom. The van der Waals surface area contributed by atoms with E-state index >= 15 is 0 Å². The van der Waals surface area contributed by atoms with Crippen LogP contribution in [0.5, 0.6) is 0 Å². The molecule has 0 amide bonds. The van der Waals surface area contributed by atoms with Gasteiger partial charge in [-0.2, -0.15) is 4.31 Å². The first-order valence-corrected chi connectivity index (χ1v) is 8.43. The number of rotatable bonds is 3. The quantitative estimate of drug-likeness (QED) is 0.894. The lowest BCUT2D eigenvalue weighted by Crippen LogP contribution is -2.41. The molecule has 2 heterocycles. The summed E-state index contributed by atoms with van der Waals surface area (Å²) in [5.74, 6) is -1.14. The fourth-order valence-electron chi connectivity index (χ4n) is 2.79. The summed E-state index contributed by atoms with van der Waals surface area (Å²) >= 11 is 0. The van der Waals surface area contributed by atoms with Crippen LogP contribution in [-0.4, -0.2) is 41.9 Å². The van der Waals surface area contributed by atoms with Crippen LogP contribution in [0.25, 0.3) is 0 Å². The molecule has 1 saturated heterocycles. The molecule has 1 aromatic rings. The number of hydrogen-bond acceptors (Lipinski definition) is 3. The van der Waals surface area contributed by atoms with Crippen molar-refractivity contribution in [2.24, 2.45) is 5.41 Å². The average molecular weight is 314 g/mol. The number of piperidine rings is 1. The Morgan fingerprint density at radius 1 is 1.24 bits per heavy atom. The summed E-state index contributed by atoms with van der Waals surface area (Å²) in [6.07, 6.45) is 1.61. The zero-order valence-corrected chi connectivity index (χ0v) is 13.7. The molecular formula is C14H22N2O4S. The molecule has 1 fully saturated rings. The lowest BCUT2D eigenvalue weighted by atomic mass is 9.83. The second kappa shape index (κ2) is 5.14. The third-order valence-electron chi connectivity index (χ3n) is 4.26. The van der Waals surface area contributed by atoms with Crippen LogP contribution in [0.4, 0.5) is 0 Å². The van der Waals surface area contributed by atoms with E-state index in [0.717, 1.165) is 12.8 Å². The highest BCUT2D eigenvalue weighted by Crippen LogP contribution is 2.34. The molecule has 1 aliphatic rings. The Balaban J connectivity index is 2.40. The second-order valence-corrected chi connectivity index (χ2v) is 8.33. The summed E-state index contributed by atoms with van der Waals surface area (Å²) in [5, 5.41) is 9.11. The molecule has 1 aliphatic heterocycles. The average Bonchev–Trinajstić information content (AvgIpc) is 2.64. The molecule has 7 heteroatoms. The molecule has 0 bridgehead atoms. The van der Waals surface area contributed by atoms with Gasteiger partial charge in [-0.25, -0.2) is 13.2 Å². The highest BCUT2D eigenvalue weighted by molar-refractivity contribution is 7.89. The van der Waals surface area contributed by atoms with E-state index in [1.165, 1.54) is 11.2 Å². The number of aromatic nitrogens is 1. The molecule has 0 radical (unpaired) electrons. The molecule has 0 saturated carbocycles. The van der Waals surface area contributed by atoms with E-state index in [9.17, 15) is 13.2 Å². The Morgan fingerprint density at radius 3 is 2.19 bits per heavy atom. The van der Waals surface area contributed by atoms with Crippen molar-refractivity contribution in [2.75, 3.05) is 13.1 Å². The zero-order chi connectivity index (χ0) is 16.0. The number of carboxylic acids is 1. The topological polar surface area (TPSA) is 90.5 Å². The molecule has 118 valence electrons. The number of sulfonamides is 1. The van der Waals surface area contributed by atoms with Gasteiger partial charge in [0.05, 0.1) is 0 Å². The first-order valence-electron chi connectivity index (χ1n) is 6.99. The van der Waals surface area contributed by atoms with E-state index in [2.05, 4.69) is 18.8 Å². The number of carbonyl (C=O) groups is 1. The summed E-state index contributed by atoms with van der Waals surface area (Å²) < 4.78 is 27.0. The third-order valence-corrected chi connectivity index (χ3v) is 6.43. The third kappa shape index (κ3) is 2.85. The van der Waals surface area contributed by atoms with Gasteiger partial charge in [0.25, 0.3) is 0 Å². The van der Waals surface area contributed by atoms with Crippen molar-refractivity contribution >= 4 is 16.0 Å². The first kappa shape index (κ1) is 16.0. The maximum Gasteiger partial charge on any atom is 0.352 e. The number of aryl methyl sites for hydroxylation is 1. The first-order chi connectivity index (χ1) is 9.56. The van der Waals surface area contributed by atoms with Gasteiger partial charge in [0.2, 0.25) is 10.0 Å². The normalized spacial score (nSPS) is 19.6. The zero-order valence-electron chi connectivity index (χ0n) is 12.9. The maximum atomic E-state index is 12.8. The van der Waals surface area contributed by atoms with Gasteiger partial charge in [0.1, 0.15) is 10.6 Å². The molecule has 0 aliphatic carbocycles. The Bertz CT molecular complexity index is 663. The highest BCUT2D eigenvalue weighted by atomic mass is 32.2. The number of H-pyrrole nitrogens is 1. The molecule has 21 heavy (non-hydrogen) atoms. The number of hydrogen-bond donors (Lipinski definition) is 2. The number of carboxylic acid groups (broad SMARTS) is 1. The molecule has 6 nitrogen and oxygen atoms in total. The van der Waals surface area contributed by atoms with E-state index in [1.807, 2.05) is 0 Å². The van der Waals surface area contributed by atoms with Crippen LogP contribution in [0.3, 0.4) is 0 Å². The highest BCUT2D eigenvalue weighted by Gasteiger charge is 2.36. The molecule has 0 spiro atoms. The van der Waals surface area contributed by atoms with Crippen molar-refractivity contribution in [2.45, 2.75) is 45.4 Å². The van der Waals surface area contributed by atoms with Gasteiger partial charge in [-0.1, -0.05) is 13.8 Å². The Labute approximate surface area is 125 Å². The van der Waals surface area contributed by atoms with Gasteiger partial charge in [-0.3, -0.25) is 0 Å². The number of aromatic carboxylic acids is 1. The molecule has 0 aromatic carbocycles. The van der Waals surface area contributed by atoms with E-state index in [1.54, 1.807) is 6.92 Å². The van der Waals surface area contributed by atoms with Crippen molar-refractivity contribution in [3.8, 4) is 0 Å². The van der Waals surface area contributed by atoms with Gasteiger partial charge < -0.3 is 10.1 Å². The van der Waals surface area contributed by atoms with Gasteiger partial charge in [0.15, 0.2) is 0 Å². The molecular weight excluding hydrogens is 292 g/mol. The minimum atomic E-state index is -3.65. The number of nitrogens with zero attached hydrogens (tertiary/aromatic N) is 1. The van der Waals surface area contributed by atoms with Gasteiger partial charge in [-0.05, 0) is 32.1 Å². The van der Waals surface area contributed by atoms with Crippen LogP contribution >= 0.6 is 0 Å². The minimum absolute atomic E-state index is 0.0524. The van der Waals surface area contributed by atoms with Crippen molar-refractivity contribution in [1.82, 2.24) is 9.29 Å². The van der Waals surface area contributed by atoms with Crippen LogP contribution in [0.15, 0.2) is 4.90 Å². The van der Waals surface area contributed by atoms with E-state index in [-0.39, 0.29) is 21.6 Å². The second-order valence-electron chi connectivity index (χ2n) is 6.45. The fraction of sp³-hybridized carbons (Fsp3) is 0.643. The van der Waals surface area contributed by atoms with Gasteiger partial charge >= 0.3 is 5.97 Å². The maximum absolute atomic E-state index is 12.8. The fourth-order valence-corrected chi connectivity index (χ4v) is 4.64. The van der Waals surface area contributed by atoms with Crippen LogP contribution in [-0.2, 0) is 10.0 Å². The monoisotopic (exact) mass is 314 g/mol. The van der Waals surface area contributed by atoms with Crippen LogP contribution in [0.2, 0.25) is 0 Å². The lowest BCUT2D eigenvalue weighted by molar-refractivity contribution is 0.0690. The van der Waals surface area contributed by atoms with Gasteiger partial charge in [-0.15, -0.1) is 0 Å². The molecule has 2 rings (SSSR count). The number of nitrogens with one attached hydrogen (secondary N) is 1. The minimum Gasteiger partial charge on any atom is -0.477 e. The van der Waals surface area contributed by atoms with Crippen LogP contribution < -0.4 is 0 Å². The summed E-state index contributed by atoms with van der Waals surface area (Å²) in [5.41, 5.74) is 0.767. The predicted molar refractivity (Wildman–Crippen MR) is 79.0 cm³/mol. The smallest absolute Gasteiger partial charge is 0.352 e. The van der Waals surface area contributed by atoms with Crippen LogP contribution in [0, 0.1) is 19.3 Å². The van der Waals surface area contributed by atoms with E-state index < -0.39 is 16.0 Å². The Kier molecular flexibility index (Phi) is 3.92. The van der Waals surface area contributed by atoms with Crippen molar-refractivity contribution in [1.29, 1.82) is 0 Å². The van der Waals surface area contributed by atoms with E-state index in [4.69, 9.17) is 5.11 Å². The summed E-state index contributed by atoms with van der Waals surface area (Å²) in [6.45, 7) is 8.34. The van der Waals surface area contributed by atoms with E-state index in [0.29, 0.717) is 18.8 Å². The molecule has 0 atom stereocenters. The molecule has 1 aromatic heterocycles. The van der Waals surface area contributed by atoms with Crippen LogP contribution in [0.1, 0.15) is 48.4 Å². The van der Waals surface area contributed by atoms with Crippen molar-refractivity contribution < 1.29 is 18.3 Å². The summed E-state index contributed by atoms with van der Waals surface area (Å²) in [4.78, 5) is 13.9. The summed E-state index contributed by atoms with van der Waals surface area (Å²) in [6, 6.07) is 0. The Hall–Kier alpha value is -1.34. The molecule has 2 N–H and O–H groups in total. The number of aromatic amines is 1. The largest absolute Gasteiger partial charge is 0.477 e. The van der Waals surface area contributed by atoms with Crippen molar-refractivity contribution in [3.05, 3.63) is 17.0 Å². The summed E-state index contributed by atoms with van der Waals surface area (Å²) in [7, 11) is -3.65. The standard InChI is InChI=1S/C14H22N2O4S/c1-9-11(13(17)18)15-10(2)12(9)21(19,20)16-7-5-14(3,4)6-8-16/h15H,5-8H2,1-4H3,(H,17,18). The van der Waals surface area contributed by atoms with Gasteiger partial charge in [0, 0.05) is 24.3 Å². The van der Waals surface area contributed by atoms with Crippen molar-refractivity contribution in [3.63, 3.8) is 0 Å². The molecule has 0 unspecified atom stereocenters. The lowest BCUT2D eigenvalue weighted by Gasteiger charge is -2.36. The SMILES string of the molecule is Cc1[nH]c(C(=O)O)c(C)c1S(=O)(=O)N1CCC(C)(C)CC1.